The van der Waals surface area contributed by atoms with Crippen LogP contribution in [0.15, 0.2) is 52.4 Å². The number of aromatic nitrogens is 2. The quantitative estimate of drug-likeness (QED) is 0.302. The topological polar surface area (TPSA) is 102 Å². The van der Waals surface area contributed by atoms with Crippen molar-refractivity contribution in [1.29, 1.82) is 0 Å². The Morgan fingerprint density at radius 1 is 1.22 bits per heavy atom. The van der Waals surface area contributed by atoms with Crippen molar-refractivity contribution in [3.8, 4) is 0 Å². The molecule has 0 unspecified atom stereocenters. The Morgan fingerprint density at radius 2 is 2.06 bits per heavy atom. The van der Waals surface area contributed by atoms with Gasteiger partial charge < -0.3 is 15.4 Å². The summed E-state index contributed by atoms with van der Waals surface area (Å²) >= 11 is 7.33. The van der Waals surface area contributed by atoms with Gasteiger partial charge in [-0.05, 0) is 56.0 Å². The lowest BCUT2D eigenvalue weighted by molar-refractivity contribution is -0.121. The minimum atomic E-state index is -0.234. The lowest BCUT2D eigenvalue weighted by Gasteiger charge is -2.14. The molecule has 1 aliphatic heterocycles. The molecule has 1 aromatic heterocycles. The van der Waals surface area contributed by atoms with E-state index in [0.29, 0.717) is 46.3 Å². The smallest absolute Gasteiger partial charge is 0.262 e. The second kappa shape index (κ2) is 12.4. The van der Waals surface area contributed by atoms with E-state index in [9.17, 15) is 14.4 Å². The number of nitrogens with zero attached hydrogens (tertiary/aromatic N) is 2. The minimum absolute atomic E-state index is 0.0676. The number of hydrogen-bond donors (Lipinski definition) is 2. The average molecular weight is 529 g/mol. The van der Waals surface area contributed by atoms with Crippen LogP contribution in [0.25, 0.3) is 10.9 Å². The molecule has 1 atom stereocenters. The highest BCUT2D eigenvalue weighted by atomic mass is 35.5. The Labute approximate surface area is 218 Å². The van der Waals surface area contributed by atoms with E-state index in [1.54, 1.807) is 34.9 Å². The zero-order valence-electron chi connectivity index (χ0n) is 20.1. The molecular weight excluding hydrogens is 500 g/mol. The summed E-state index contributed by atoms with van der Waals surface area (Å²) in [6.07, 6.45) is 2.83. The first kappa shape index (κ1) is 26.2. The Kier molecular flexibility index (Phi) is 9.01. The molecule has 3 aromatic rings. The zero-order chi connectivity index (χ0) is 25.5. The van der Waals surface area contributed by atoms with Gasteiger partial charge in [0.15, 0.2) is 5.16 Å². The fourth-order valence-corrected chi connectivity index (χ4v) is 4.98. The predicted molar refractivity (Wildman–Crippen MR) is 143 cm³/mol. The fraction of sp³-hybridized carbons (Fsp3) is 0.385. The summed E-state index contributed by atoms with van der Waals surface area (Å²) in [5, 5.41) is 7.25. The molecule has 2 amide bonds. The molecule has 1 saturated heterocycles. The third-order valence-corrected chi connectivity index (χ3v) is 7.33. The molecule has 4 rings (SSSR count). The van der Waals surface area contributed by atoms with Gasteiger partial charge in [0, 0.05) is 36.8 Å². The number of hydrogen-bond acceptors (Lipinski definition) is 6. The van der Waals surface area contributed by atoms with Crippen molar-refractivity contribution in [2.75, 3.05) is 24.2 Å². The maximum absolute atomic E-state index is 13.2. The molecule has 0 saturated carbocycles. The van der Waals surface area contributed by atoms with Gasteiger partial charge in [0.1, 0.15) is 0 Å². The van der Waals surface area contributed by atoms with Crippen molar-refractivity contribution >= 4 is 51.8 Å². The third kappa shape index (κ3) is 6.87. The largest absolute Gasteiger partial charge is 0.376 e. The third-order valence-electron chi connectivity index (χ3n) is 5.95. The number of thioether (sulfide) groups is 1. The van der Waals surface area contributed by atoms with Crippen molar-refractivity contribution in [1.82, 2.24) is 14.9 Å². The van der Waals surface area contributed by atoms with E-state index in [-0.39, 0.29) is 35.7 Å². The molecule has 2 heterocycles. The summed E-state index contributed by atoms with van der Waals surface area (Å²) in [6, 6.07) is 12.5. The van der Waals surface area contributed by atoms with Crippen LogP contribution in [0.4, 0.5) is 5.69 Å². The van der Waals surface area contributed by atoms with Gasteiger partial charge in [-0.15, -0.1) is 0 Å². The number of carbonyl (C=O) groups excluding carboxylic acids is 2. The van der Waals surface area contributed by atoms with Crippen LogP contribution < -0.4 is 16.2 Å². The Balaban J connectivity index is 1.40. The lowest BCUT2D eigenvalue weighted by Crippen LogP contribution is -2.32. The van der Waals surface area contributed by atoms with E-state index in [1.807, 2.05) is 19.1 Å². The number of amides is 2. The maximum atomic E-state index is 13.2. The van der Waals surface area contributed by atoms with Crippen molar-refractivity contribution in [3.63, 3.8) is 0 Å². The van der Waals surface area contributed by atoms with Crippen LogP contribution in [0.2, 0.25) is 5.02 Å². The maximum Gasteiger partial charge on any atom is 0.262 e. The van der Waals surface area contributed by atoms with Gasteiger partial charge in [-0.2, -0.15) is 0 Å². The fourth-order valence-electron chi connectivity index (χ4n) is 3.97. The lowest BCUT2D eigenvalue weighted by atomic mass is 10.2. The van der Waals surface area contributed by atoms with Crippen molar-refractivity contribution in [2.24, 2.45) is 0 Å². The number of fused-ring (bicyclic) bond motifs is 1. The van der Waals surface area contributed by atoms with Crippen LogP contribution in [0.5, 0.6) is 0 Å². The van der Waals surface area contributed by atoms with E-state index in [4.69, 9.17) is 16.3 Å². The molecule has 2 N–H and O–H groups in total. The van der Waals surface area contributed by atoms with Crippen LogP contribution >= 0.6 is 23.4 Å². The molecular formula is C26H29ClN4O4S. The monoisotopic (exact) mass is 528 g/mol. The highest BCUT2D eigenvalue weighted by molar-refractivity contribution is 7.99. The highest BCUT2D eigenvalue weighted by Crippen LogP contribution is 2.22. The molecule has 36 heavy (non-hydrogen) atoms. The van der Waals surface area contributed by atoms with Gasteiger partial charge in [-0.1, -0.05) is 41.6 Å². The summed E-state index contributed by atoms with van der Waals surface area (Å²) in [5.41, 5.74) is 1.91. The van der Waals surface area contributed by atoms with Crippen LogP contribution in [-0.4, -0.2) is 46.4 Å². The molecule has 190 valence electrons. The summed E-state index contributed by atoms with van der Waals surface area (Å²) in [6.45, 7) is 3.47. The summed E-state index contributed by atoms with van der Waals surface area (Å²) in [5.74, 6) is -0.238. The summed E-state index contributed by atoms with van der Waals surface area (Å²) in [4.78, 5) is 42.7. The van der Waals surface area contributed by atoms with E-state index >= 15 is 0 Å². The average Bonchev–Trinajstić information content (AvgIpc) is 3.39. The van der Waals surface area contributed by atoms with Crippen molar-refractivity contribution in [3.05, 3.63) is 63.4 Å². The first-order chi connectivity index (χ1) is 17.4. The van der Waals surface area contributed by atoms with E-state index in [0.717, 1.165) is 25.0 Å². The van der Waals surface area contributed by atoms with Crippen LogP contribution in [0, 0.1) is 6.92 Å². The molecule has 1 fully saturated rings. The van der Waals surface area contributed by atoms with Gasteiger partial charge in [0.2, 0.25) is 11.8 Å². The number of para-hydroxylation sites is 1. The van der Waals surface area contributed by atoms with Crippen LogP contribution in [-0.2, 0) is 20.9 Å². The summed E-state index contributed by atoms with van der Waals surface area (Å²) in [7, 11) is 0. The van der Waals surface area contributed by atoms with E-state index < -0.39 is 0 Å². The number of halogens is 1. The van der Waals surface area contributed by atoms with Gasteiger partial charge >= 0.3 is 0 Å². The molecule has 0 spiro atoms. The molecule has 0 radical (unpaired) electrons. The van der Waals surface area contributed by atoms with Gasteiger partial charge in [0.05, 0.1) is 22.8 Å². The highest BCUT2D eigenvalue weighted by Gasteiger charge is 2.17. The number of rotatable bonds is 10. The zero-order valence-corrected chi connectivity index (χ0v) is 21.7. The predicted octanol–water partition coefficient (Wildman–Crippen LogP) is 4.16. The molecule has 0 aliphatic carbocycles. The number of carbonyl (C=O) groups is 2. The molecule has 1 aliphatic rings. The van der Waals surface area contributed by atoms with E-state index in [1.165, 1.54) is 11.8 Å². The second-order valence-corrected chi connectivity index (χ2v) is 10.1. The number of aryl methyl sites for hydroxylation is 1. The molecule has 8 nitrogen and oxygen atoms in total. The van der Waals surface area contributed by atoms with Crippen LogP contribution in [0.1, 0.15) is 31.2 Å². The number of nitrogens with one attached hydrogen (secondary N) is 2. The SMILES string of the molecule is Cc1ccc(NC(=O)CSc2nc3ccccc3c(=O)n2CCCC(=O)NC[C@@H]2CCCO2)cc1Cl. The second-order valence-electron chi connectivity index (χ2n) is 8.71. The molecule has 2 aromatic carbocycles. The Morgan fingerprint density at radius 3 is 2.83 bits per heavy atom. The standard InChI is InChI=1S/C26H29ClN4O4S/c1-17-10-11-18(14-21(17)27)29-24(33)16-36-26-30-22-8-3-2-7-20(22)25(34)31(26)12-4-9-23(32)28-15-19-6-5-13-35-19/h2-3,7-8,10-11,14,19H,4-6,9,12-13,15-16H2,1H3,(H,28,32)(H,29,33)/t19-/m0/s1. The van der Waals surface area contributed by atoms with Gasteiger partial charge in [-0.25, -0.2) is 4.98 Å². The van der Waals surface area contributed by atoms with Crippen molar-refractivity contribution < 1.29 is 14.3 Å². The number of ether oxygens (including phenoxy) is 1. The number of anilines is 1. The Bertz CT molecular complexity index is 1310. The van der Waals surface area contributed by atoms with Gasteiger partial charge in [0.25, 0.3) is 5.56 Å². The minimum Gasteiger partial charge on any atom is -0.376 e. The molecule has 10 heteroatoms. The molecule has 0 bridgehead atoms. The number of benzene rings is 2. The first-order valence-corrected chi connectivity index (χ1v) is 13.3. The summed E-state index contributed by atoms with van der Waals surface area (Å²) < 4.78 is 7.09. The van der Waals surface area contributed by atoms with Crippen LogP contribution in [0.3, 0.4) is 0 Å². The van der Waals surface area contributed by atoms with Crippen molar-refractivity contribution in [2.45, 2.75) is 50.4 Å². The van der Waals surface area contributed by atoms with E-state index in [2.05, 4.69) is 15.6 Å². The van der Waals surface area contributed by atoms with Gasteiger partial charge in [-0.3, -0.25) is 19.0 Å². The Hall–Kier alpha value is -2.88. The normalized spacial score (nSPS) is 15.2. The first-order valence-electron chi connectivity index (χ1n) is 12.0.